The fourth-order valence-electron chi connectivity index (χ4n) is 3.81. The van der Waals surface area contributed by atoms with Crippen molar-refractivity contribution in [2.75, 3.05) is 11.5 Å². The number of Topliss-reactive ketones (excluding diaryl/α,β-unsaturated/α-hetero) is 1. The molecule has 32 heavy (non-hydrogen) atoms. The summed E-state index contributed by atoms with van der Waals surface area (Å²) in [4.78, 5) is 27.8. The second-order valence-electron chi connectivity index (χ2n) is 7.47. The standard InChI is InChI=1S/C26H22BrNO4/c1-3-32-20-13-10-17(11-14-20)23-22(24(29)18-7-5-4-6-8-18)25(30)26(31)28(23)19-12-9-16(2)21(27)15-19/h4-15,23,29H,3H2,1-2H3/t23-/m0/s1. The fraction of sp³-hybridized carbons (Fsp3) is 0.154. The number of aliphatic hydroxyl groups is 1. The molecule has 1 saturated heterocycles. The van der Waals surface area contributed by atoms with E-state index in [-0.39, 0.29) is 11.3 Å². The van der Waals surface area contributed by atoms with Crippen LogP contribution in [0.15, 0.2) is 82.8 Å². The summed E-state index contributed by atoms with van der Waals surface area (Å²) in [6.07, 6.45) is 0. The van der Waals surface area contributed by atoms with Gasteiger partial charge in [0.05, 0.1) is 18.2 Å². The number of aryl methyl sites for hydroxylation is 1. The first-order valence-corrected chi connectivity index (χ1v) is 11.1. The Balaban J connectivity index is 1.91. The van der Waals surface area contributed by atoms with Gasteiger partial charge in [0.25, 0.3) is 11.7 Å². The second kappa shape index (κ2) is 9.01. The zero-order valence-corrected chi connectivity index (χ0v) is 19.3. The number of ether oxygens (including phenoxy) is 1. The molecule has 0 aliphatic carbocycles. The van der Waals surface area contributed by atoms with E-state index in [1.165, 1.54) is 4.90 Å². The first-order chi connectivity index (χ1) is 15.4. The molecule has 6 heteroatoms. The normalized spacial score (nSPS) is 17.6. The van der Waals surface area contributed by atoms with Gasteiger partial charge in [0, 0.05) is 15.7 Å². The Bertz CT molecular complexity index is 1200. The second-order valence-corrected chi connectivity index (χ2v) is 8.32. The quantitative estimate of drug-likeness (QED) is 0.279. The van der Waals surface area contributed by atoms with Crippen molar-refractivity contribution in [3.8, 4) is 5.75 Å². The van der Waals surface area contributed by atoms with Gasteiger partial charge in [-0.25, -0.2) is 0 Å². The van der Waals surface area contributed by atoms with Crippen molar-refractivity contribution >= 4 is 39.1 Å². The Morgan fingerprint density at radius 1 is 1.03 bits per heavy atom. The number of hydrogen-bond donors (Lipinski definition) is 1. The molecule has 0 spiro atoms. The summed E-state index contributed by atoms with van der Waals surface area (Å²) in [5, 5.41) is 11.1. The minimum Gasteiger partial charge on any atom is -0.507 e. The largest absolute Gasteiger partial charge is 0.507 e. The van der Waals surface area contributed by atoms with E-state index in [4.69, 9.17) is 4.74 Å². The van der Waals surface area contributed by atoms with Crippen molar-refractivity contribution in [2.24, 2.45) is 0 Å². The molecular weight excluding hydrogens is 470 g/mol. The Hall–Kier alpha value is -3.38. The third kappa shape index (κ3) is 3.94. The van der Waals surface area contributed by atoms with Crippen LogP contribution in [-0.2, 0) is 9.59 Å². The Kier molecular flexibility index (Phi) is 6.15. The maximum atomic E-state index is 13.2. The molecule has 162 valence electrons. The van der Waals surface area contributed by atoms with Gasteiger partial charge in [-0.05, 0) is 49.2 Å². The van der Waals surface area contributed by atoms with E-state index in [1.807, 2.05) is 44.2 Å². The zero-order chi connectivity index (χ0) is 22.8. The number of ketones is 1. The van der Waals surface area contributed by atoms with Crippen LogP contribution in [0.3, 0.4) is 0 Å². The van der Waals surface area contributed by atoms with Crippen molar-refractivity contribution in [3.05, 3.63) is 99.5 Å². The zero-order valence-electron chi connectivity index (χ0n) is 17.7. The van der Waals surface area contributed by atoms with Crippen molar-refractivity contribution in [2.45, 2.75) is 19.9 Å². The molecule has 1 fully saturated rings. The van der Waals surface area contributed by atoms with Crippen LogP contribution in [0.2, 0.25) is 0 Å². The molecule has 1 heterocycles. The first kappa shape index (κ1) is 21.8. The molecule has 1 atom stereocenters. The molecule has 0 unspecified atom stereocenters. The molecule has 0 bridgehead atoms. The van der Waals surface area contributed by atoms with Crippen LogP contribution in [0, 0.1) is 6.92 Å². The van der Waals surface area contributed by atoms with E-state index >= 15 is 0 Å². The van der Waals surface area contributed by atoms with Crippen molar-refractivity contribution < 1.29 is 19.4 Å². The minimum absolute atomic E-state index is 0.0575. The van der Waals surface area contributed by atoms with Crippen molar-refractivity contribution in [1.82, 2.24) is 0 Å². The Morgan fingerprint density at radius 3 is 2.34 bits per heavy atom. The molecule has 3 aromatic rings. The molecule has 0 aromatic heterocycles. The van der Waals surface area contributed by atoms with Gasteiger partial charge in [-0.2, -0.15) is 0 Å². The number of aliphatic hydroxyl groups excluding tert-OH is 1. The smallest absolute Gasteiger partial charge is 0.300 e. The van der Waals surface area contributed by atoms with Crippen molar-refractivity contribution in [1.29, 1.82) is 0 Å². The van der Waals surface area contributed by atoms with Crippen LogP contribution >= 0.6 is 15.9 Å². The molecule has 5 nitrogen and oxygen atoms in total. The topological polar surface area (TPSA) is 66.8 Å². The summed E-state index contributed by atoms with van der Waals surface area (Å²) < 4.78 is 6.36. The van der Waals surface area contributed by atoms with Crippen LogP contribution in [0.25, 0.3) is 5.76 Å². The molecular formula is C26H22BrNO4. The predicted molar refractivity (Wildman–Crippen MR) is 128 cm³/mol. The molecule has 3 aromatic carbocycles. The molecule has 1 aliphatic rings. The fourth-order valence-corrected chi connectivity index (χ4v) is 4.18. The van der Waals surface area contributed by atoms with Crippen LogP contribution in [0.4, 0.5) is 5.69 Å². The van der Waals surface area contributed by atoms with Gasteiger partial charge in [-0.3, -0.25) is 14.5 Å². The lowest BCUT2D eigenvalue weighted by molar-refractivity contribution is -0.132. The summed E-state index contributed by atoms with van der Waals surface area (Å²) in [5.41, 5.74) is 2.80. The first-order valence-electron chi connectivity index (χ1n) is 10.3. The number of nitrogens with zero attached hydrogens (tertiary/aromatic N) is 1. The summed E-state index contributed by atoms with van der Waals surface area (Å²) in [7, 11) is 0. The van der Waals surface area contributed by atoms with Gasteiger partial charge < -0.3 is 9.84 Å². The van der Waals surface area contributed by atoms with E-state index in [0.29, 0.717) is 29.2 Å². The highest BCUT2D eigenvalue weighted by Crippen LogP contribution is 2.43. The van der Waals surface area contributed by atoms with Crippen LogP contribution in [-0.4, -0.2) is 23.4 Å². The Labute approximate surface area is 195 Å². The number of carbonyl (C=O) groups is 2. The van der Waals surface area contributed by atoms with Gasteiger partial charge in [-0.15, -0.1) is 0 Å². The van der Waals surface area contributed by atoms with E-state index < -0.39 is 17.7 Å². The van der Waals surface area contributed by atoms with Crippen molar-refractivity contribution in [3.63, 3.8) is 0 Å². The van der Waals surface area contributed by atoms with Gasteiger partial charge >= 0.3 is 0 Å². The minimum atomic E-state index is -0.777. The number of hydrogen-bond acceptors (Lipinski definition) is 4. The predicted octanol–water partition coefficient (Wildman–Crippen LogP) is 5.78. The number of halogens is 1. The number of rotatable bonds is 5. The number of carbonyl (C=O) groups excluding carboxylic acids is 2. The molecule has 1 N–H and O–H groups in total. The molecule has 1 amide bonds. The van der Waals surface area contributed by atoms with Crippen LogP contribution < -0.4 is 9.64 Å². The van der Waals surface area contributed by atoms with Gasteiger partial charge in [0.2, 0.25) is 0 Å². The Morgan fingerprint density at radius 2 is 1.72 bits per heavy atom. The average Bonchev–Trinajstić information content (AvgIpc) is 3.07. The van der Waals surface area contributed by atoms with E-state index in [9.17, 15) is 14.7 Å². The van der Waals surface area contributed by atoms with Crippen LogP contribution in [0.1, 0.15) is 29.7 Å². The highest BCUT2D eigenvalue weighted by atomic mass is 79.9. The SMILES string of the molecule is CCOc1ccc([C@H]2C(=C(O)c3ccccc3)C(=O)C(=O)N2c2ccc(C)c(Br)c2)cc1. The molecule has 0 radical (unpaired) electrons. The van der Waals surface area contributed by atoms with E-state index in [0.717, 1.165) is 10.0 Å². The number of amides is 1. The summed E-state index contributed by atoms with van der Waals surface area (Å²) in [6.45, 7) is 4.38. The van der Waals surface area contributed by atoms with Gasteiger partial charge in [0.15, 0.2) is 0 Å². The summed E-state index contributed by atoms with van der Waals surface area (Å²) >= 11 is 3.51. The average molecular weight is 492 g/mol. The third-order valence-electron chi connectivity index (χ3n) is 5.43. The monoisotopic (exact) mass is 491 g/mol. The van der Waals surface area contributed by atoms with Gasteiger partial charge in [0.1, 0.15) is 11.5 Å². The third-order valence-corrected chi connectivity index (χ3v) is 6.29. The highest BCUT2D eigenvalue weighted by Gasteiger charge is 2.47. The number of anilines is 1. The summed E-state index contributed by atoms with van der Waals surface area (Å²) in [6, 6.07) is 20.7. The maximum absolute atomic E-state index is 13.2. The van der Waals surface area contributed by atoms with Crippen LogP contribution in [0.5, 0.6) is 5.75 Å². The lowest BCUT2D eigenvalue weighted by Gasteiger charge is -2.26. The lowest BCUT2D eigenvalue weighted by Crippen LogP contribution is -2.29. The summed E-state index contributed by atoms with van der Waals surface area (Å²) in [5.74, 6) is -0.912. The molecule has 1 aliphatic heterocycles. The highest BCUT2D eigenvalue weighted by molar-refractivity contribution is 9.10. The van der Waals surface area contributed by atoms with E-state index in [2.05, 4.69) is 15.9 Å². The number of benzene rings is 3. The lowest BCUT2D eigenvalue weighted by atomic mass is 9.95. The maximum Gasteiger partial charge on any atom is 0.300 e. The van der Waals surface area contributed by atoms with E-state index in [1.54, 1.807) is 42.5 Å². The molecule has 4 rings (SSSR count). The molecule has 0 saturated carbocycles. The van der Waals surface area contributed by atoms with Gasteiger partial charge in [-0.1, -0.05) is 64.5 Å².